The van der Waals surface area contributed by atoms with E-state index in [1.54, 1.807) is 0 Å². The van der Waals surface area contributed by atoms with Crippen molar-refractivity contribution in [2.24, 2.45) is 0 Å². The predicted molar refractivity (Wildman–Crippen MR) is 42.2 cm³/mol. The van der Waals surface area contributed by atoms with Crippen LogP contribution in [0.4, 0.5) is 10.3 Å². The van der Waals surface area contributed by atoms with Gasteiger partial charge in [0.05, 0.1) is 12.2 Å². The summed E-state index contributed by atoms with van der Waals surface area (Å²) in [5.74, 6) is -0.640. The summed E-state index contributed by atoms with van der Waals surface area (Å²) < 4.78 is 17.7. The third-order valence-corrected chi connectivity index (χ3v) is 1.05. The number of anilines is 1. The summed E-state index contributed by atoms with van der Waals surface area (Å²) in [5.41, 5.74) is 5.19. The molecule has 1 aromatic heterocycles. The average molecular weight is 171 g/mol. The predicted octanol–water partition coefficient (Wildman–Crippen LogP) is 0.985. The topological polar surface area (TPSA) is 61.0 Å². The molecule has 0 amide bonds. The Morgan fingerprint density at radius 3 is 2.67 bits per heavy atom. The second kappa shape index (κ2) is 3.34. The van der Waals surface area contributed by atoms with Gasteiger partial charge in [0.15, 0.2) is 0 Å². The molecule has 66 valence electrons. The van der Waals surface area contributed by atoms with Gasteiger partial charge in [-0.05, 0) is 13.8 Å². The highest BCUT2D eigenvalue weighted by atomic mass is 19.1. The van der Waals surface area contributed by atoms with Crippen molar-refractivity contribution in [2.75, 3.05) is 5.73 Å². The van der Waals surface area contributed by atoms with Crippen LogP contribution in [0.15, 0.2) is 6.07 Å². The SMILES string of the molecule is CC(C)Oc1cc(F)nc(N)n1. The van der Waals surface area contributed by atoms with Crippen LogP contribution in [0, 0.1) is 5.95 Å². The Bertz CT molecular complexity index is 257. The molecule has 0 aliphatic heterocycles. The highest BCUT2D eigenvalue weighted by Crippen LogP contribution is 2.10. The normalized spacial score (nSPS) is 10.3. The lowest BCUT2D eigenvalue weighted by Gasteiger charge is -2.07. The summed E-state index contributed by atoms with van der Waals surface area (Å²) in [5, 5.41) is 0. The van der Waals surface area contributed by atoms with Crippen molar-refractivity contribution in [2.45, 2.75) is 20.0 Å². The number of aromatic nitrogens is 2. The summed E-state index contributed by atoms with van der Waals surface area (Å²) in [6, 6.07) is 1.09. The van der Waals surface area contributed by atoms with Gasteiger partial charge in [0.25, 0.3) is 0 Å². The first-order chi connectivity index (χ1) is 5.58. The molecule has 2 N–H and O–H groups in total. The van der Waals surface area contributed by atoms with Gasteiger partial charge in [0, 0.05) is 0 Å². The fourth-order valence-corrected chi connectivity index (χ4v) is 0.716. The van der Waals surface area contributed by atoms with Gasteiger partial charge >= 0.3 is 0 Å². The largest absolute Gasteiger partial charge is 0.475 e. The molecule has 0 aliphatic rings. The first-order valence-corrected chi connectivity index (χ1v) is 3.54. The van der Waals surface area contributed by atoms with E-state index in [0.29, 0.717) is 0 Å². The fraction of sp³-hybridized carbons (Fsp3) is 0.429. The Kier molecular flexibility index (Phi) is 2.42. The first-order valence-electron chi connectivity index (χ1n) is 3.54. The number of halogens is 1. The molecule has 0 bridgehead atoms. The van der Waals surface area contributed by atoms with Gasteiger partial charge in [-0.1, -0.05) is 0 Å². The average Bonchev–Trinajstić information content (AvgIpc) is 1.81. The molecule has 1 rings (SSSR count). The van der Waals surface area contributed by atoms with Crippen molar-refractivity contribution in [3.8, 4) is 5.88 Å². The molecule has 0 fully saturated rings. The number of nitrogens with two attached hydrogens (primary N) is 1. The zero-order valence-corrected chi connectivity index (χ0v) is 6.91. The van der Waals surface area contributed by atoms with Crippen molar-refractivity contribution in [1.29, 1.82) is 0 Å². The van der Waals surface area contributed by atoms with E-state index in [9.17, 15) is 4.39 Å². The standard InChI is InChI=1S/C7H10FN3O/c1-4(2)12-6-3-5(8)10-7(9)11-6/h3-4H,1-2H3,(H2,9,10,11). The van der Waals surface area contributed by atoms with Crippen molar-refractivity contribution in [3.63, 3.8) is 0 Å². The third kappa shape index (κ3) is 2.34. The Labute approximate surface area is 69.6 Å². The van der Waals surface area contributed by atoms with Gasteiger partial charge in [0.1, 0.15) is 0 Å². The fourth-order valence-electron chi connectivity index (χ4n) is 0.716. The van der Waals surface area contributed by atoms with E-state index in [2.05, 4.69) is 9.97 Å². The zero-order chi connectivity index (χ0) is 9.14. The number of rotatable bonds is 2. The Morgan fingerprint density at radius 2 is 2.17 bits per heavy atom. The summed E-state index contributed by atoms with van der Waals surface area (Å²) in [4.78, 5) is 6.94. The van der Waals surface area contributed by atoms with Crippen molar-refractivity contribution in [3.05, 3.63) is 12.0 Å². The maximum absolute atomic E-state index is 12.6. The second-order valence-corrected chi connectivity index (χ2v) is 2.55. The Balaban J connectivity index is 2.85. The van der Waals surface area contributed by atoms with Crippen molar-refractivity contribution < 1.29 is 9.13 Å². The van der Waals surface area contributed by atoms with E-state index < -0.39 is 5.95 Å². The number of nitrogens with zero attached hydrogens (tertiary/aromatic N) is 2. The Hall–Kier alpha value is -1.39. The first kappa shape index (κ1) is 8.70. The van der Waals surface area contributed by atoms with Crippen molar-refractivity contribution >= 4 is 5.95 Å². The number of nitrogen functional groups attached to an aromatic ring is 1. The molecule has 0 aliphatic carbocycles. The van der Waals surface area contributed by atoms with Crippen LogP contribution in [-0.4, -0.2) is 16.1 Å². The van der Waals surface area contributed by atoms with Crippen LogP contribution in [0.3, 0.4) is 0 Å². The van der Waals surface area contributed by atoms with Crippen LogP contribution < -0.4 is 10.5 Å². The minimum absolute atomic E-state index is 0.0568. The minimum Gasteiger partial charge on any atom is -0.475 e. The van der Waals surface area contributed by atoms with Gasteiger partial charge in [-0.25, -0.2) is 0 Å². The number of hydrogen-bond acceptors (Lipinski definition) is 4. The van der Waals surface area contributed by atoms with E-state index in [0.717, 1.165) is 6.07 Å². The quantitative estimate of drug-likeness (QED) is 0.674. The van der Waals surface area contributed by atoms with Crippen LogP contribution in [-0.2, 0) is 0 Å². The summed E-state index contributed by atoms with van der Waals surface area (Å²) in [6.45, 7) is 3.63. The van der Waals surface area contributed by atoms with Gasteiger partial charge in [-0.3, -0.25) is 0 Å². The maximum Gasteiger partial charge on any atom is 0.226 e. The van der Waals surface area contributed by atoms with Gasteiger partial charge in [-0.15, -0.1) is 0 Å². The summed E-state index contributed by atoms with van der Waals surface area (Å²) >= 11 is 0. The summed E-state index contributed by atoms with van der Waals surface area (Å²) in [6.07, 6.45) is -0.0568. The van der Waals surface area contributed by atoms with Gasteiger partial charge < -0.3 is 10.5 Å². The van der Waals surface area contributed by atoms with Gasteiger partial charge in [-0.2, -0.15) is 14.4 Å². The van der Waals surface area contributed by atoms with E-state index >= 15 is 0 Å². The van der Waals surface area contributed by atoms with Crippen LogP contribution in [0.5, 0.6) is 5.88 Å². The summed E-state index contributed by atoms with van der Waals surface area (Å²) in [7, 11) is 0. The highest BCUT2D eigenvalue weighted by molar-refractivity contribution is 5.21. The lowest BCUT2D eigenvalue weighted by atomic mass is 10.5. The number of ether oxygens (including phenoxy) is 1. The molecule has 4 nitrogen and oxygen atoms in total. The monoisotopic (exact) mass is 171 g/mol. The molecular weight excluding hydrogens is 161 g/mol. The molecule has 0 atom stereocenters. The molecule has 0 aromatic carbocycles. The molecule has 12 heavy (non-hydrogen) atoms. The van der Waals surface area contributed by atoms with E-state index in [1.807, 2.05) is 13.8 Å². The molecule has 0 saturated carbocycles. The lowest BCUT2D eigenvalue weighted by Crippen LogP contribution is -2.09. The molecule has 0 unspecified atom stereocenters. The van der Waals surface area contributed by atoms with E-state index in [-0.39, 0.29) is 17.9 Å². The highest BCUT2D eigenvalue weighted by Gasteiger charge is 2.03. The molecular formula is C7H10FN3O. The second-order valence-electron chi connectivity index (χ2n) is 2.55. The molecule has 1 aromatic rings. The molecule has 0 radical (unpaired) electrons. The molecule has 1 heterocycles. The zero-order valence-electron chi connectivity index (χ0n) is 6.91. The maximum atomic E-state index is 12.6. The number of hydrogen-bond donors (Lipinski definition) is 1. The third-order valence-electron chi connectivity index (χ3n) is 1.05. The van der Waals surface area contributed by atoms with Crippen LogP contribution in [0.1, 0.15) is 13.8 Å². The molecule has 0 saturated heterocycles. The lowest BCUT2D eigenvalue weighted by molar-refractivity contribution is 0.231. The van der Waals surface area contributed by atoms with E-state index in [4.69, 9.17) is 10.5 Å². The van der Waals surface area contributed by atoms with Gasteiger partial charge in [0.2, 0.25) is 17.8 Å². The van der Waals surface area contributed by atoms with Crippen LogP contribution in [0.25, 0.3) is 0 Å². The minimum atomic E-state index is -0.682. The van der Waals surface area contributed by atoms with Crippen LogP contribution in [0.2, 0.25) is 0 Å². The molecule has 5 heteroatoms. The molecule has 0 spiro atoms. The van der Waals surface area contributed by atoms with Crippen LogP contribution >= 0.6 is 0 Å². The smallest absolute Gasteiger partial charge is 0.226 e. The Morgan fingerprint density at radius 1 is 1.50 bits per heavy atom. The van der Waals surface area contributed by atoms with Crippen molar-refractivity contribution in [1.82, 2.24) is 9.97 Å². The van der Waals surface area contributed by atoms with E-state index in [1.165, 1.54) is 0 Å².